The molecule has 0 nitrogen and oxygen atoms in total. The molecule has 0 N–H and O–H groups in total. The van der Waals surface area contributed by atoms with Crippen molar-refractivity contribution < 1.29 is 0 Å². The summed E-state index contributed by atoms with van der Waals surface area (Å²) in [6.45, 7) is 6.88. The van der Waals surface area contributed by atoms with E-state index >= 15 is 0 Å². The molecule has 0 aromatic heterocycles. The van der Waals surface area contributed by atoms with Crippen molar-refractivity contribution in [2.75, 3.05) is 0 Å². The molecule has 0 amide bonds. The molecule has 1 radical (unpaired) electrons. The van der Waals surface area contributed by atoms with Gasteiger partial charge in [-0.15, -0.1) is 0 Å². The van der Waals surface area contributed by atoms with Crippen molar-refractivity contribution in [2.24, 2.45) is 5.92 Å². The molecule has 1 fully saturated rings. The van der Waals surface area contributed by atoms with Crippen LogP contribution in [0.25, 0.3) is 0 Å². The molecular weight excluding hydrogens is 107 g/mol. The van der Waals surface area contributed by atoms with Crippen molar-refractivity contribution in [3.8, 4) is 0 Å². The fourth-order valence-corrected chi connectivity index (χ4v) is 1.96. The summed E-state index contributed by atoms with van der Waals surface area (Å²) in [4.78, 5) is 0. The van der Waals surface area contributed by atoms with E-state index in [1.807, 2.05) is 0 Å². The second-order valence-electron chi connectivity index (χ2n) is 3.32. The molecule has 0 aromatic rings. The maximum atomic E-state index is 2.40. The molecule has 0 bridgehead atoms. The summed E-state index contributed by atoms with van der Waals surface area (Å²) in [6.07, 6.45) is 4.21. The van der Waals surface area contributed by atoms with Crippen molar-refractivity contribution in [3.05, 3.63) is 0 Å². The third-order valence-electron chi connectivity index (χ3n) is 3.26. The van der Waals surface area contributed by atoms with Crippen LogP contribution in [0.5, 0.6) is 0 Å². The first-order valence-corrected chi connectivity index (χ1v) is 4.05. The Bertz CT molecular complexity index is 89.2. The Labute approximate surface area is 59.3 Å². The minimum Gasteiger partial charge on any atom is -0.0914 e. The molecule has 9 heavy (non-hydrogen) atoms. The van der Waals surface area contributed by atoms with Gasteiger partial charge in [0.25, 0.3) is 0 Å². The standard InChI is InChI=1S/C8H16B/c1-4-8(9-3)6-5-7(8)2/h7H,4-6H2,1-3H3/t7-,8+/m1/s1. The van der Waals surface area contributed by atoms with E-state index in [0.717, 1.165) is 5.92 Å². The fourth-order valence-electron chi connectivity index (χ4n) is 1.96. The molecule has 0 aromatic carbocycles. The second kappa shape index (κ2) is 2.36. The normalized spacial score (nSPS) is 41.9. The SMILES string of the molecule is C[B][C@@]1(CC)CC[C@H]1C. The molecule has 0 saturated heterocycles. The molecule has 1 saturated carbocycles. The molecule has 1 heteroatoms. The van der Waals surface area contributed by atoms with Gasteiger partial charge in [-0.2, -0.15) is 0 Å². The van der Waals surface area contributed by atoms with E-state index < -0.39 is 0 Å². The van der Waals surface area contributed by atoms with Crippen LogP contribution >= 0.6 is 0 Å². The summed E-state index contributed by atoms with van der Waals surface area (Å²) in [5, 5.41) is 0.639. The van der Waals surface area contributed by atoms with Gasteiger partial charge in [0.15, 0.2) is 0 Å². The van der Waals surface area contributed by atoms with Gasteiger partial charge in [0.2, 0.25) is 0 Å². The van der Waals surface area contributed by atoms with Crippen LogP contribution in [-0.2, 0) is 0 Å². The highest BCUT2D eigenvalue weighted by Gasteiger charge is 2.40. The van der Waals surface area contributed by atoms with Gasteiger partial charge >= 0.3 is 0 Å². The number of hydrogen-bond donors (Lipinski definition) is 0. The maximum absolute atomic E-state index is 2.40. The van der Waals surface area contributed by atoms with Gasteiger partial charge in [-0.3, -0.25) is 0 Å². The van der Waals surface area contributed by atoms with Gasteiger partial charge in [0, 0.05) is 0 Å². The van der Waals surface area contributed by atoms with Crippen molar-refractivity contribution in [1.82, 2.24) is 0 Å². The Morgan fingerprint density at radius 3 is 2.33 bits per heavy atom. The summed E-state index contributed by atoms with van der Waals surface area (Å²) >= 11 is 0. The summed E-state index contributed by atoms with van der Waals surface area (Å²) in [5.41, 5.74) is 0. The van der Waals surface area contributed by atoms with Crippen LogP contribution < -0.4 is 0 Å². The molecule has 0 spiro atoms. The van der Waals surface area contributed by atoms with Crippen molar-refractivity contribution in [3.63, 3.8) is 0 Å². The topological polar surface area (TPSA) is 0 Å². The minimum absolute atomic E-state index is 0.639. The van der Waals surface area contributed by atoms with E-state index in [2.05, 4.69) is 28.0 Å². The number of rotatable bonds is 2. The van der Waals surface area contributed by atoms with Crippen LogP contribution in [0.4, 0.5) is 0 Å². The summed E-state index contributed by atoms with van der Waals surface area (Å²) in [7, 11) is 2.40. The van der Waals surface area contributed by atoms with E-state index in [9.17, 15) is 0 Å². The van der Waals surface area contributed by atoms with Gasteiger partial charge in [-0.25, -0.2) is 0 Å². The molecule has 0 heterocycles. The highest BCUT2D eigenvalue weighted by Crippen LogP contribution is 2.54. The molecule has 0 unspecified atom stereocenters. The van der Waals surface area contributed by atoms with Gasteiger partial charge in [-0.05, 0) is 5.92 Å². The molecule has 1 aliphatic carbocycles. The quantitative estimate of drug-likeness (QED) is 0.495. The Hall–Kier alpha value is 0.0649. The lowest BCUT2D eigenvalue weighted by molar-refractivity contribution is 0.209. The van der Waals surface area contributed by atoms with Crippen LogP contribution in [0.3, 0.4) is 0 Å². The second-order valence-corrected chi connectivity index (χ2v) is 3.32. The molecule has 1 rings (SSSR count). The molecule has 0 aliphatic heterocycles. The highest BCUT2D eigenvalue weighted by atomic mass is 14.4. The van der Waals surface area contributed by atoms with E-state index in [1.165, 1.54) is 19.3 Å². The summed E-state index contributed by atoms with van der Waals surface area (Å²) in [6, 6.07) is 0. The molecule has 51 valence electrons. The molecular formula is C8H16B. The Morgan fingerprint density at radius 1 is 1.67 bits per heavy atom. The van der Waals surface area contributed by atoms with Crippen LogP contribution in [0.2, 0.25) is 12.1 Å². The molecule has 1 aliphatic rings. The zero-order valence-electron chi connectivity index (χ0n) is 6.78. The fraction of sp³-hybridized carbons (Fsp3) is 1.00. The average molecular weight is 123 g/mol. The maximum Gasteiger partial charge on any atom is 0.114 e. The predicted molar refractivity (Wildman–Crippen MR) is 43.0 cm³/mol. The van der Waals surface area contributed by atoms with Crippen molar-refractivity contribution >= 4 is 7.28 Å². The monoisotopic (exact) mass is 123 g/mol. The van der Waals surface area contributed by atoms with E-state index in [4.69, 9.17) is 0 Å². The van der Waals surface area contributed by atoms with Gasteiger partial charge in [0.1, 0.15) is 7.28 Å². The van der Waals surface area contributed by atoms with Crippen LogP contribution in [0.1, 0.15) is 33.1 Å². The average Bonchev–Trinajstić information content (AvgIpc) is 1.89. The van der Waals surface area contributed by atoms with Crippen LogP contribution in [0.15, 0.2) is 0 Å². The van der Waals surface area contributed by atoms with Crippen LogP contribution in [-0.4, -0.2) is 7.28 Å². The Morgan fingerprint density at radius 2 is 2.33 bits per heavy atom. The first-order chi connectivity index (χ1) is 4.25. The van der Waals surface area contributed by atoms with E-state index in [1.54, 1.807) is 0 Å². The Balaban J connectivity index is 2.48. The number of hydrogen-bond acceptors (Lipinski definition) is 0. The Kier molecular flexibility index (Phi) is 1.88. The highest BCUT2D eigenvalue weighted by molar-refractivity contribution is 6.38. The largest absolute Gasteiger partial charge is 0.114 e. The third-order valence-corrected chi connectivity index (χ3v) is 3.26. The lowest BCUT2D eigenvalue weighted by atomic mass is 9.39. The van der Waals surface area contributed by atoms with Gasteiger partial charge in [-0.1, -0.05) is 45.2 Å². The van der Waals surface area contributed by atoms with Crippen molar-refractivity contribution in [2.45, 2.75) is 45.2 Å². The van der Waals surface area contributed by atoms with E-state index in [0.29, 0.717) is 5.31 Å². The zero-order chi connectivity index (χ0) is 6.91. The first kappa shape index (κ1) is 7.18. The predicted octanol–water partition coefficient (Wildman–Crippen LogP) is 2.74. The smallest absolute Gasteiger partial charge is 0.0914 e. The van der Waals surface area contributed by atoms with Crippen molar-refractivity contribution in [1.29, 1.82) is 0 Å². The van der Waals surface area contributed by atoms with Crippen LogP contribution in [0, 0.1) is 5.92 Å². The minimum atomic E-state index is 0.639. The summed E-state index contributed by atoms with van der Waals surface area (Å²) in [5.74, 6) is 0.951. The lowest BCUT2D eigenvalue weighted by Gasteiger charge is -2.47. The third kappa shape index (κ3) is 0.909. The summed E-state index contributed by atoms with van der Waals surface area (Å²) < 4.78 is 0. The van der Waals surface area contributed by atoms with E-state index in [-0.39, 0.29) is 0 Å². The van der Waals surface area contributed by atoms with Gasteiger partial charge < -0.3 is 0 Å². The van der Waals surface area contributed by atoms with Gasteiger partial charge in [0.05, 0.1) is 0 Å². The lowest BCUT2D eigenvalue weighted by Crippen LogP contribution is -2.35. The zero-order valence-corrected chi connectivity index (χ0v) is 6.78. The molecule has 2 atom stereocenters. The first-order valence-electron chi connectivity index (χ1n) is 4.05.